The molecule has 2 heteroatoms. The maximum atomic E-state index is 6.59. The van der Waals surface area contributed by atoms with E-state index in [2.05, 4.69) is 194 Å². The Morgan fingerprint density at radius 1 is 0.538 bits per heavy atom. The molecule has 1 unspecified atom stereocenters. The van der Waals surface area contributed by atoms with Crippen molar-refractivity contribution in [1.29, 1.82) is 0 Å². The first kappa shape index (κ1) is 29.1. The van der Waals surface area contributed by atoms with Gasteiger partial charge in [-0.15, -0.1) is 0 Å². The Kier molecular flexibility index (Phi) is 6.12. The van der Waals surface area contributed by atoms with Crippen LogP contribution in [0, 0.1) is 12.3 Å². The molecule has 0 aliphatic heterocycles. The van der Waals surface area contributed by atoms with Crippen LogP contribution >= 0.6 is 0 Å². The number of hydrogen-bond acceptors (Lipinski definition) is 2. The van der Waals surface area contributed by atoms with Crippen molar-refractivity contribution in [2.75, 3.05) is 4.90 Å². The van der Waals surface area contributed by atoms with E-state index in [1.54, 1.807) is 0 Å². The molecule has 0 radical (unpaired) electrons. The van der Waals surface area contributed by atoms with Gasteiger partial charge in [-0.3, -0.25) is 0 Å². The van der Waals surface area contributed by atoms with Crippen LogP contribution in [0.4, 0.5) is 11.4 Å². The Morgan fingerprint density at radius 3 is 1.94 bits per heavy atom. The van der Waals surface area contributed by atoms with E-state index < -0.39 is 5.41 Å². The van der Waals surface area contributed by atoms with E-state index in [4.69, 9.17) is 4.42 Å². The molecule has 244 valence electrons. The number of para-hydroxylation sites is 2. The Balaban J connectivity index is 1.28. The number of allylic oxidation sites excluding steroid dienone is 7. The highest BCUT2D eigenvalue weighted by molar-refractivity contribution is 6.15. The molecule has 6 aromatic carbocycles. The summed E-state index contributed by atoms with van der Waals surface area (Å²) in [4.78, 5) is 2.57. The fourth-order valence-electron chi connectivity index (χ4n) is 9.12. The predicted octanol–water partition coefficient (Wildman–Crippen LogP) is 13.1. The third-order valence-electron chi connectivity index (χ3n) is 11.4. The highest BCUT2D eigenvalue weighted by Gasteiger charge is 2.51. The van der Waals surface area contributed by atoms with Crippen molar-refractivity contribution < 1.29 is 4.42 Å². The Bertz CT molecular complexity index is 2830. The Hall–Kier alpha value is -6.64. The number of anilines is 2. The van der Waals surface area contributed by atoms with Crippen LogP contribution in [-0.4, -0.2) is 0 Å². The number of benzene rings is 6. The zero-order valence-corrected chi connectivity index (χ0v) is 28.7. The quantitative estimate of drug-likeness (QED) is 0.186. The third-order valence-corrected chi connectivity index (χ3v) is 11.4. The highest BCUT2D eigenvalue weighted by Crippen LogP contribution is 2.64. The monoisotopic (exact) mass is 663 g/mol. The van der Waals surface area contributed by atoms with Gasteiger partial charge in [0, 0.05) is 16.6 Å². The Morgan fingerprint density at radius 2 is 1.17 bits per heavy atom. The molecular weight excluding hydrogens is 631 g/mol. The molecule has 1 heterocycles. The molecule has 0 saturated carbocycles. The lowest BCUT2D eigenvalue weighted by molar-refractivity contribution is 0.667. The van der Waals surface area contributed by atoms with Crippen LogP contribution in [0.5, 0.6) is 0 Å². The van der Waals surface area contributed by atoms with Gasteiger partial charge >= 0.3 is 0 Å². The fourth-order valence-corrected chi connectivity index (χ4v) is 9.12. The molecule has 1 aromatic heterocycles. The van der Waals surface area contributed by atoms with Gasteiger partial charge in [0.2, 0.25) is 0 Å². The van der Waals surface area contributed by atoms with Crippen molar-refractivity contribution in [2.45, 2.75) is 6.92 Å². The van der Waals surface area contributed by atoms with Crippen LogP contribution < -0.4 is 4.90 Å². The summed E-state index contributed by atoms with van der Waals surface area (Å²) < 4.78 is 6.59. The van der Waals surface area contributed by atoms with Gasteiger partial charge in [-0.05, 0) is 99.0 Å². The van der Waals surface area contributed by atoms with E-state index in [1.807, 2.05) is 0 Å². The van der Waals surface area contributed by atoms with Gasteiger partial charge in [0.25, 0.3) is 0 Å². The summed E-state index contributed by atoms with van der Waals surface area (Å²) in [5.74, 6) is 0. The number of nitrogens with zero attached hydrogens (tertiary/aromatic N) is 1. The summed E-state index contributed by atoms with van der Waals surface area (Å²) >= 11 is 0. The van der Waals surface area contributed by atoms with Crippen molar-refractivity contribution in [3.63, 3.8) is 0 Å². The molecule has 0 fully saturated rings. The number of aryl methyl sites for hydroxylation is 1. The van der Waals surface area contributed by atoms with Gasteiger partial charge < -0.3 is 9.32 Å². The van der Waals surface area contributed by atoms with Crippen LogP contribution in [-0.2, 0) is 0 Å². The molecule has 7 aromatic rings. The Labute approximate surface area is 303 Å². The lowest BCUT2D eigenvalue weighted by atomic mass is 9.63. The largest absolute Gasteiger partial charge is 0.456 e. The van der Waals surface area contributed by atoms with Crippen molar-refractivity contribution in [2.24, 2.45) is 5.41 Å². The van der Waals surface area contributed by atoms with E-state index in [9.17, 15) is 0 Å². The summed E-state index contributed by atoms with van der Waals surface area (Å²) in [6.45, 7) is 2.24. The molecule has 0 N–H and O–H groups in total. The van der Waals surface area contributed by atoms with Crippen molar-refractivity contribution >= 4 is 56.6 Å². The molecule has 1 atom stereocenters. The number of furan rings is 1. The number of fused-ring (bicyclic) bond motifs is 11. The third kappa shape index (κ3) is 3.95. The molecule has 0 bridgehead atoms. The lowest BCUT2D eigenvalue weighted by Crippen LogP contribution is -2.37. The van der Waals surface area contributed by atoms with Crippen LogP contribution in [0.1, 0.15) is 27.8 Å². The summed E-state index contributed by atoms with van der Waals surface area (Å²) in [6.07, 6.45) is 16.7. The second-order valence-electron chi connectivity index (χ2n) is 14.1. The molecule has 1 spiro atoms. The zero-order valence-electron chi connectivity index (χ0n) is 28.7. The second kappa shape index (κ2) is 10.9. The number of rotatable bonds is 4. The lowest BCUT2D eigenvalue weighted by Gasteiger charge is -2.46. The summed E-state index contributed by atoms with van der Waals surface area (Å²) in [6, 6.07) is 50.1. The van der Waals surface area contributed by atoms with Gasteiger partial charge in [-0.25, -0.2) is 0 Å². The first-order valence-electron chi connectivity index (χ1n) is 18.0. The van der Waals surface area contributed by atoms with Gasteiger partial charge in [-0.2, -0.15) is 0 Å². The average Bonchev–Trinajstić information content (AvgIpc) is 3.90. The molecule has 0 amide bonds. The highest BCUT2D eigenvalue weighted by atomic mass is 16.3. The van der Waals surface area contributed by atoms with E-state index in [-0.39, 0.29) is 0 Å². The van der Waals surface area contributed by atoms with Crippen molar-refractivity contribution in [1.82, 2.24) is 0 Å². The first-order chi connectivity index (χ1) is 25.7. The molecule has 0 saturated heterocycles. The average molecular weight is 664 g/mol. The SMILES string of the molecule is Cc1ccc2oc3ccccc3c2c1N(C1=CC=C2C(=Cc3ccccc32)C12C=CC=C1C2=Cc2ccccc21)c1ccccc1-c1ccccc1. The van der Waals surface area contributed by atoms with Crippen LogP contribution in [0.25, 0.3) is 56.4 Å². The number of hydrogen-bond donors (Lipinski definition) is 0. The topological polar surface area (TPSA) is 16.4 Å². The minimum absolute atomic E-state index is 0.607. The zero-order chi connectivity index (χ0) is 34.4. The second-order valence-corrected chi connectivity index (χ2v) is 14.1. The van der Waals surface area contributed by atoms with E-state index in [0.29, 0.717) is 0 Å². The van der Waals surface area contributed by atoms with E-state index >= 15 is 0 Å². The normalized spacial score (nSPS) is 17.9. The molecule has 11 rings (SSSR count). The molecule has 4 aliphatic rings. The molecule has 52 heavy (non-hydrogen) atoms. The summed E-state index contributed by atoms with van der Waals surface area (Å²) in [5.41, 5.74) is 18.4. The fraction of sp³-hybridized carbons (Fsp3) is 0.0400. The van der Waals surface area contributed by atoms with E-state index in [1.165, 1.54) is 66.9 Å². The maximum Gasteiger partial charge on any atom is 0.137 e. The van der Waals surface area contributed by atoms with Crippen LogP contribution in [0.2, 0.25) is 0 Å². The van der Waals surface area contributed by atoms with Crippen molar-refractivity contribution in [3.8, 4) is 11.1 Å². The first-order valence-corrected chi connectivity index (χ1v) is 18.0. The molecule has 4 aliphatic carbocycles. The van der Waals surface area contributed by atoms with Gasteiger partial charge in [0.05, 0.1) is 22.2 Å². The molecule has 2 nitrogen and oxygen atoms in total. The maximum absolute atomic E-state index is 6.59. The summed E-state index contributed by atoms with van der Waals surface area (Å²) in [5, 5.41) is 2.23. The smallest absolute Gasteiger partial charge is 0.137 e. The van der Waals surface area contributed by atoms with Crippen molar-refractivity contribution in [3.05, 3.63) is 215 Å². The van der Waals surface area contributed by atoms with Crippen LogP contribution in [0.3, 0.4) is 0 Å². The minimum atomic E-state index is -0.607. The molecular formula is C50H33NO. The van der Waals surface area contributed by atoms with Crippen LogP contribution in [0.15, 0.2) is 191 Å². The minimum Gasteiger partial charge on any atom is -0.456 e. The van der Waals surface area contributed by atoms with Gasteiger partial charge in [-0.1, -0.05) is 146 Å². The van der Waals surface area contributed by atoms with Gasteiger partial charge in [0.15, 0.2) is 0 Å². The predicted molar refractivity (Wildman–Crippen MR) is 217 cm³/mol. The van der Waals surface area contributed by atoms with Gasteiger partial charge in [0.1, 0.15) is 11.2 Å². The standard InChI is InChI=1S/C50H33NO/c1-32-25-27-46-48(41-21-10-12-24-45(41)52-46)49(32)51(44-23-11-9-20-38(44)33-14-3-2-4-15-33)47-28-26-40-37-19-8-6-17-35(37)31-43(40)50(47)29-13-22-39-36-18-7-5-16-34(36)30-42(39)50/h2-31H,1H3. The summed E-state index contributed by atoms with van der Waals surface area (Å²) in [7, 11) is 0. The van der Waals surface area contributed by atoms with E-state index in [0.717, 1.165) is 33.3 Å².